The zero-order valence-corrected chi connectivity index (χ0v) is 8.45. The summed E-state index contributed by atoms with van der Waals surface area (Å²) in [4.78, 5) is 2.39. The van der Waals surface area contributed by atoms with Crippen molar-refractivity contribution in [3.63, 3.8) is 0 Å². The molecule has 1 N–H and O–H groups in total. The molecule has 12 heavy (non-hydrogen) atoms. The summed E-state index contributed by atoms with van der Waals surface area (Å²) in [7, 11) is 0. The Morgan fingerprint density at radius 1 is 1.25 bits per heavy atom. The lowest BCUT2D eigenvalue weighted by atomic mass is 9.97. The average Bonchev–Trinajstić information content (AvgIpc) is 2.04. The Morgan fingerprint density at radius 2 is 1.75 bits per heavy atom. The maximum atomic E-state index is 9.40. The van der Waals surface area contributed by atoms with Gasteiger partial charge in [-0.05, 0) is 45.7 Å². The first-order valence-electron chi connectivity index (χ1n) is 5.03. The van der Waals surface area contributed by atoms with Crippen LogP contribution in [0.15, 0.2) is 0 Å². The fraction of sp³-hybridized carbons (Fsp3) is 1.00. The molecular weight excluding hydrogens is 150 g/mol. The van der Waals surface area contributed by atoms with E-state index >= 15 is 0 Å². The van der Waals surface area contributed by atoms with Crippen LogP contribution in [0.25, 0.3) is 0 Å². The Hall–Kier alpha value is -0.0800. The Morgan fingerprint density at radius 3 is 2.17 bits per heavy atom. The second kappa shape index (κ2) is 4.24. The standard InChI is InChI=1S/C10H21NO/c1-8-4-6-11(7-5-8)9(2)10(3)12/h8-10,12H,4-7H2,1-3H3. The zero-order chi connectivity index (χ0) is 9.14. The molecule has 2 nitrogen and oxygen atoms in total. The van der Waals surface area contributed by atoms with E-state index in [1.807, 2.05) is 6.92 Å². The van der Waals surface area contributed by atoms with Crippen molar-refractivity contribution in [3.05, 3.63) is 0 Å². The Labute approximate surface area is 75.6 Å². The Balaban J connectivity index is 2.34. The van der Waals surface area contributed by atoms with Crippen LogP contribution in [-0.4, -0.2) is 35.2 Å². The topological polar surface area (TPSA) is 23.5 Å². The molecule has 1 heterocycles. The van der Waals surface area contributed by atoms with Gasteiger partial charge >= 0.3 is 0 Å². The van der Waals surface area contributed by atoms with Crippen molar-refractivity contribution in [2.24, 2.45) is 5.92 Å². The number of nitrogens with zero attached hydrogens (tertiary/aromatic N) is 1. The van der Waals surface area contributed by atoms with Crippen molar-refractivity contribution in [2.75, 3.05) is 13.1 Å². The number of hydrogen-bond acceptors (Lipinski definition) is 2. The van der Waals surface area contributed by atoms with Crippen LogP contribution < -0.4 is 0 Å². The van der Waals surface area contributed by atoms with E-state index in [9.17, 15) is 5.11 Å². The third-order valence-corrected chi connectivity index (χ3v) is 3.09. The molecule has 0 aromatic carbocycles. The largest absolute Gasteiger partial charge is 0.392 e. The first kappa shape index (κ1) is 10.0. The molecule has 1 aliphatic rings. The molecule has 0 aliphatic carbocycles. The number of hydrogen-bond donors (Lipinski definition) is 1. The molecule has 1 rings (SSSR count). The molecule has 1 aliphatic heterocycles. The second-order valence-corrected chi connectivity index (χ2v) is 4.20. The molecule has 0 amide bonds. The number of aliphatic hydroxyl groups excluding tert-OH is 1. The van der Waals surface area contributed by atoms with E-state index in [2.05, 4.69) is 18.7 Å². The van der Waals surface area contributed by atoms with Gasteiger partial charge in [0, 0.05) is 6.04 Å². The third-order valence-electron chi connectivity index (χ3n) is 3.09. The number of likely N-dealkylation sites (tertiary alicyclic amines) is 1. The van der Waals surface area contributed by atoms with Gasteiger partial charge < -0.3 is 5.11 Å². The number of aliphatic hydroxyl groups is 1. The third kappa shape index (κ3) is 2.46. The minimum Gasteiger partial charge on any atom is -0.392 e. The molecule has 1 saturated heterocycles. The molecule has 0 spiro atoms. The first-order chi connectivity index (χ1) is 5.61. The highest BCUT2D eigenvalue weighted by molar-refractivity contribution is 4.77. The molecular formula is C10H21NO. The van der Waals surface area contributed by atoms with E-state index in [-0.39, 0.29) is 6.10 Å². The van der Waals surface area contributed by atoms with Gasteiger partial charge in [0.15, 0.2) is 0 Å². The minimum absolute atomic E-state index is 0.196. The fourth-order valence-corrected chi connectivity index (χ4v) is 1.74. The van der Waals surface area contributed by atoms with E-state index in [1.54, 1.807) is 0 Å². The summed E-state index contributed by atoms with van der Waals surface area (Å²) in [5, 5.41) is 9.40. The smallest absolute Gasteiger partial charge is 0.0664 e. The van der Waals surface area contributed by atoms with Crippen molar-refractivity contribution in [1.29, 1.82) is 0 Å². The van der Waals surface area contributed by atoms with E-state index in [4.69, 9.17) is 0 Å². The lowest BCUT2D eigenvalue weighted by Gasteiger charge is -2.36. The van der Waals surface area contributed by atoms with E-state index in [0.717, 1.165) is 19.0 Å². The van der Waals surface area contributed by atoms with Crippen molar-refractivity contribution < 1.29 is 5.11 Å². The SMILES string of the molecule is CC1CCN(C(C)C(C)O)CC1. The summed E-state index contributed by atoms with van der Waals surface area (Å²) >= 11 is 0. The summed E-state index contributed by atoms with van der Waals surface area (Å²) in [5.41, 5.74) is 0. The summed E-state index contributed by atoms with van der Waals surface area (Å²) in [6.45, 7) is 8.62. The van der Waals surface area contributed by atoms with Gasteiger partial charge in [0.25, 0.3) is 0 Å². The van der Waals surface area contributed by atoms with Gasteiger partial charge in [-0.2, -0.15) is 0 Å². The highest BCUT2D eigenvalue weighted by Crippen LogP contribution is 2.18. The van der Waals surface area contributed by atoms with Crippen molar-refractivity contribution in [1.82, 2.24) is 4.90 Å². The quantitative estimate of drug-likeness (QED) is 0.680. The Kier molecular flexibility index (Phi) is 3.53. The molecule has 0 aromatic heterocycles. The highest BCUT2D eigenvalue weighted by atomic mass is 16.3. The zero-order valence-electron chi connectivity index (χ0n) is 8.45. The van der Waals surface area contributed by atoms with Gasteiger partial charge in [-0.1, -0.05) is 6.92 Å². The van der Waals surface area contributed by atoms with Gasteiger partial charge in [0.2, 0.25) is 0 Å². The monoisotopic (exact) mass is 171 g/mol. The maximum Gasteiger partial charge on any atom is 0.0664 e. The van der Waals surface area contributed by atoms with Gasteiger partial charge in [0.1, 0.15) is 0 Å². The van der Waals surface area contributed by atoms with Crippen LogP contribution in [-0.2, 0) is 0 Å². The van der Waals surface area contributed by atoms with Crippen LogP contribution in [0, 0.1) is 5.92 Å². The highest BCUT2D eigenvalue weighted by Gasteiger charge is 2.22. The van der Waals surface area contributed by atoms with Gasteiger partial charge in [-0.15, -0.1) is 0 Å². The molecule has 0 bridgehead atoms. The lowest BCUT2D eigenvalue weighted by molar-refractivity contribution is 0.0501. The van der Waals surface area contributed by atoms with Gasteiger partial charge in [-0.25, -0.2) is 0 Å². The van der Waals surface area contributed by atoms with Gasteiger partial charge in [0.05, 0.1) is 6.10 Å². The number of rotatable bonds is 2. The minimum atomic E-state index is -0.196. The van der Waals surface area contributed by atoms with Crippen molar-refractivity contribution in [2.45, 2.75) is 45.8 Å². The molecule has 2 heteroatoms. The summed E-state index contributed by atoms with van der Waals surface area (Å²) in [6, 6.07) is 0.331. The normalized spacial score (nSPS) is 27.0. The predicted octanol–water partition coefficient (Wildman–Crippen LogP) is 1.49. The van der Waals surface area contributed by atoms with Crippen LogP contribution in [0.5, 0.6) is 0 Å². The van der Waals surface area contributed by atoms with E-state index < -0.39 is 0 Å². The Bertz CT molecular complexity index is 128. The van der Waals surface area contributed by atoms with Crippen LogP contribution >= 0.6 is 0 Å². The molecule has 0 radical (unpaired) electrons. The average molecular weight is 171 g/mol. The molecule has 2 atom stereocenters. The molecule has 0 saturated carbocycles. The van der Waals surface area contributed by atoms with Crippen LogP contribution in [0.3, 0.4) is 0 Å². The van der Waals surface area contributed by atoms with Crippen molar-refractivity contribution in [3.8, 4) is 0 Å². The fourth-order valence-electron chi connectivity index (χ4n) is 1.74. The van der Waals surface area contributed by atoms with E-state index in [0.29, 0.717) is 6.04 Å². The first-order valence-corrected chi connectivity index (χ1v) is 5.03. The summed E-state index contributed by atoms with van der Waals surface area (Å²) in [5.74, 6) is 0.877. The van der Waals surface area contributed by atoms with Crippen LogP contribution in [0.4, 0.5) is 0 Å². The number of piperidine rings is 1. The lowest BCUT2D eigenvalue weighted by Crippen LogP contribution is -2.44. The summed E-state index contributed by atoms with van der Waals surface area (Å²) < 4.78 is 0. The maximum absolute atomic E-state index is 9.40. The van der Waals surface area contributed by atoms with Crippen LogP contribution in [0.1, 0.15) is 33.6 Å². The second-order valence-electron chi connectivity index (χ2n) is 4.20. The molecule has 72 valence electrons. The summed E-state index contributed by atoms with van der Waals surface area (Å²) in [6.07, 6.45) is 2.38. The van der Waals surface area contributed by atoms with Gasteiger partial charge in [-0.3, -0.25) is 4.90 Å². The predicted molar refractivity (Wildman–Crippen MR) is 51.1 cm³/mol. The van der Waals surface area contributed by atoms with Crippen LogP contribution in [0.2, 0.25) is 0 Å². The van der Waals surface area contributed by atoms with E-state index in [1.165, 1.54) is 12.8 Å². The molecule has 2 unspecified atom stereocenters. The molecule has 1 fully saturated rings. The molecule has 0 aromatic rings. The van der Waals surface area contributed by atoms with Crippen molar-refractivity contribution >= 4 is 0 Å².